The van der Waals surface area contributed by atoms with E-state index in [9.17, 15) is 0 Å². The fraction of sp³-hybridized carbons (Fsp3) is 1.00. The minimum absolute atomic E-state index is 0.223. The average Bonchev–Trinajstić information content (AvgIpc) is 2.27. The first-order chi connectivity index (χ1) is 7.76. The van der Waals surface area contributed by atoms with Crippen molar-refractivity contribution in [3.63, 3.8) is 0 Å². The third kappa shape index (κ3) is 5.25. The van der Waals surface area contributed by atoms with Crippen molar-refractivity contribution in [1.82, 2.24) is 4.90 Å². The van der Waals surface area contributed by atoms with E-state index in [0.717, 1.165) is 39.3 Å². The molecule has 0 radical (unpaired) electrons. The van der Waals surface area contributed by atoms with Crippen LogP contribution >= 0.6 is 0 Å². The van der Waals surface area contributed by atoms with Gasteiger partial charge in [0.1, 0.15) is 0 Å². The average molecular weight is 230 g/mol. The van der Waals surface area contributed by atoms with Crippen LogP contribution in [0.1, 0.15) is 26.2 Å². The van der Waals surface area contributed by atoms with Crippen molar-refractivity contribution in [2.75, 3.05) is 40.0 Å². The van der Waals surface area contributed by atoms with Gasteiger partial charge < -0.3 is 15.2 Å². The third-order valence-corrected chi connectivity index (χ3v) is 3.05. The van der Waals surface area contributed by atoms with Crippen LogP contribution in [0.15, 0.2) is 0 Å². The van der Waals surface area contributed by atoms with Crippen LogP contribution in [0.25, 0.3) is 0 Å². The van der Waals surface area contributed by atoms with E-state index in [-0.39, 0.29) is 6.04 Å². The molecule has 0 aliphatic carbocycles. The zero-order valence-electron chi connectivity index (χ0n) is 10.7. The molecule has 4 heteroatoms. The van der Waals surface area contributed by atoms with Crippen molar-refractivity contribution in [2.24, 2.45) is 5.73 Å². The lowest BCUT2D eigenvalue weighted by Gasteiger charge is -2.33. The topological polar surface area (TPSA) is 47.7 Å². The molecule has 1 fully saturated rings. The highest BCUT2D eigenvalue weighted by Gasteiger charge is 2.21. The summed E-state index contributed by atoms with van der Waals surface area (Å²) < 4.78 is 10.7. The monoisotopic (exact) mass is 230 g/mol. The number of nitrogens with zero attached hydrogens (tertiary/aromatic N) is 1. The Labute approximate surface area is 99.1 Å². The first-order valence-electron chi connectivity index (χ1n) is 6.34. The number of rotatable bonds is 7. The Kier molecular flexibility index (Phi) is 6.96. The molecule has 0 aromatic heterocycles. The SMILES string of the molecule is CCOC1CCCN(CC(N)CCOC)C1. The van der Waals surface area contributed by atoms with Crippen LogP contribution in [0.2, 0.25) is 0 Å². The van der Waals surface area contributed by atoms with E-state index >= 15 is 0 Å². The van der Waals surface area contributed by atoms with Crippen LogP contribution in [-0.4, -0.2) is 57.0 Å². The normalized spacial score (nSPS) is 24.6. The lowest BCUT2D eigenvalue weighted by atomic mass is 10.1. The molecule has 1 rings (SSSR count). The minimum atomic E-state index is 0.223. The summed E-state index contributed by atoms with van der Waals surface area (Å²) in [6.45, 7) is 6.78. The van der Waals surface area contributed by atoms with Gasteiger partial charge in [-0.1, -0.05) is 0 Å². The highest BCUT2D eigenvalue weighted by atomic mass is 16.5. The van der Waals surface area contributed by atoms with Crippen molar-refractivity contribution >= 4 is 0 Å². The lowest BCUT2D eigenvalue weighted by molar-refractivity contribution is 0.00384. The van der Waals surface area contributed by atoms with Gasteiger partial charge in [-0.2, -0.15) is 0 Å². The van der Waals surface area contributed by atoms with Crippen molar-refractivity contribution < 1.29 is 9.47 Å². The predicted octanol–water partition coefficient (Wildman–Crippen LogP) is 0.851. The van der Waals surface area contributed by atoms with Gasteiger partial charge in [0.15, 0.2) is 0 Å². The minimum Gasteiger partial charge on any atom is -0.385 e. The molecule has 1 saturated heterocycles. The summed E-state index contributed by atoms with van der Waals surface area (Å²) in [6, 6.07) is 0.223. The van der Waals surface area contributed by atoms with Crippen LogP contribution in [0.4, 0.5) is 0 Å². The number of ether oxygens (including phenoxy) is 2. The maximum atomic E-state index is 6.05. The van der Waals surface area contributed by atoms with Gasteiger partial charge in [-0.3, -0.25) is 4.90 Å². The van der Waals surface area contributed by atoms with Gasteiger partial charge in [0.2, 0.25) is 0 Å². The summed E-state index contributed by atoms with van der Waals surface area (Å²) in [5.41, 5.74) is 6.05. The molecule has 1 heterocycles. The quantitative estimate of drug-likeness (QED) is 0.704. The molecule has 0 saturated carbocycles. The Morgan fingerprint density at radius 3 is 3.00 bits per heavy atom. The second kappa shape index (κ2) is 8.01. The van der Waals surface area contributed by atoms with Crippen molar-refractivity contribution in [1.29, 1.82) is 0 Å². The molecule has 0 aromatic rings. The zero-order chi connectivity index (χ0) is 11.8. The Morgan fingerprint density at radius 1 is 1.50 bits per heavy atom. The summed E-state index contributed by atoms with van der Waals surface area (Å²) in [5.74, 6) is 0. The lowest BCUT2D eigenvalue weighted by Crippen LogP contribution is -2.45. The third-order valence-electron chi connectivity index (χ3n) is 3.05. The van der Waals surface area contributed by atoms with E-state index in [4.69, 9.17) is 15.2 Å². The molecule has 0 aromatic carbocycles. The van der Waals surface area contributed by atoms with Gasteiger partial charge in [0.25, 0.3) is 0 Å². The van der Waals surface area contributed by atoms with Crippen LogP contribution in [0.3, 0.4) is 0 Å². The number of likely N-dealkylation sites (tertiary alicyclic amines) is 1. The van der Waals surface area contributed by atoms with E-state index in [0.29, 0.717) is 6.10 Å². The maximum absolute atomic E-state index is 6.05. The zero-order valence-corrected chi connectivity index (χ0v) is 10.7. The summed E-state index contributed by atoms with van der Waals surface area (Å²) in [7, 11) is 1.72. The second-order valence-electron chi connectivity index (χ2n) is 4.52. The summed E-state index contributed by atoms with van der Waals surface area (Å²) in [5, 5.41) is 0. The molecular weight excluding hydrogens is 204 g/mol. The summed E-state index contributed by atoms with van der Waals surface area (Å²) in [6.07, 6.45) is 3.76. The van der Waals surface area contributed by atoms with Crippen LogP contribution in [0.5, 0.6) is 0 Å². The van der Waals surface area contributed by atoms with Crippen LogP contribution < -0.4 is 5.73 Å². The van der Waals surface area contributed by atoms with Crippen molar-refractivity contribution in [2.45, 2.75) is 38.3 Å². The Bertz CT molecular complexity index is 176. The van der Waals surface area contributed by atoms with E-state index < -0.39 is 0 Å². The molecule has 0 spiro atoms. The number of methoxy groups -OCH3 is 1. The molecule has 16 heavy (non-hydrogen) atoms. The molecule has 2 unspecified atom stereocenters. The van der Waals surface area contributed by atoms with Crippen LogP contribution in [0, 0.1) is 0 Å². The molecule has 1 aliphatic heterocycles. The first kappa shape index (κ1) is 13.9. The second-order valence-corrected chi connectivity index (χ2v) is 4.52. The maximum Gasteiger partial charge on any atom is 0.0702 e. The van der Waals surface area contributed by atoms with Gasteiger partial charge in [0.05, 0.1) is 6.10 Å². The molecule has 0 amide bonds. The fourth-order valence-electron chi connectivity index (χ4n) is 2.24. The van der Waals surface area contributed by atoms with E-state index in [1.54, 1.807) is 7.11 Å². The van der Waals surface area contributed by atoms with E-state index in [1.807, 2.05) is 0 Å². The van der Waals surface area contributed by atoms with Crippen molar-refractivity contribution in [3.05, 3.63) is 0 Å². The molecule has 2 atom stereocenters. The Hall–Kier alpha value is -0.160. The smallest absolute Gasteiger partial charge is 0.0702 e. The molecule has 4 nitrogen and oxygen atoms in total. The number of hydrogen-bond acceptors (Lipinski definition) is 4. The largest absolute Gasteiger partial charge is 0.385 e. The Morgan fingerprint density at radius 2 is 2.31 bits per heavy atom. The molecule has 1 aliphatic rings. The molecule has 2 N–H and O–H groups in total. The van der Waals surface area contributed by atoms with Gasteiger partial charge in [0, 0.05) is 39.5 Å². The van der Waals surface area contributed by atoms with Crippen LogP contribution in [-0.2, 0) is 9.47 Å². The molecule has 96 valence electrons. The van der Waals surface area contributed by atoms with Crippen molar-refractivity contribution in [3.8, 4) is 0 Å². The van der Waals surface area contributed by atoms with Gasteiger partial charge in [-0.25, -0.2) is 0 Å². The first-order valence-corrected chi connectivity index (χ1v) is 6.34. The number of nitrogens with two attached hydrogens (primary N) is 1. The molecule has 0 bridgehead atoms. The summed E-state index contributed by atoms with van der Waals surface area (Å²) >= 11 is 0. The van der Waals surface area contributed by atoms with Gasteiger partial charge in [-0.15, -0.1) is 0 Å². The van der Waals surface area contributed by atoms with Gasteiger partial charge >= 0.3 is 0 Å². The highest BCUT2D eigenvalue weighted by Crippen LogP contribution is 2.13. The summed E-state index contributed by atoms with van der Waals surface area (Å²) in [4.78, 5) is 2.42. The van der Waals surface area contributed by atoms with E-state index in [2.05, 4.69) is 11.8 Å². The molecular formula is C12H26N2O2. The number of piperidine rings is 1. The Balaban J connectivity index is 2.20. The highest BCUT2D eigenvalue weighted by molar-refractivity contribution is 4.76. The number of hydrogen-bond donors (Lipinski definition) is 1. The predicted molar refractivity (Wildman–Crippen MR) is 65.6 cm³/mol. The fourth-order valence-corrected chi connectivity index (χ4v) is 2.24. The van der Waals surface area contributed by atoms with E-state index in [1.165, 1.54) is 12.8 Å². The standard InChI is InChI=1S/C12H26N2O2/c1-3-16-12-5-4-7-14(10-12)9-11(13)6-8-15-2/h11-12H,3-10,13H2,1-2H3. The van der Waals surface area contributed by atoms with Gasteiger partial charge in [-0.05, 0) is 32.7 Å².